The Kier molecular flexibility index (Phi) is 9.47. The van der Waals surface area contributed by atoms with Gasteiger partial charge < -0.3 is 29.7 Å². The fourth-order valence-corrected chi connectivity index (χ4v) is 4.98. The molecule has 2 aromatic carbocycles. The van der Waals surface area contributed by atoms with E-state index in [9.17, 15) is 19.8 Å². The minimum absolute atomic E-state index is 0.000267. The molecule has 0 bridgehead atoms. The lowest BCUT2D eigenvalue weighted by Crippen LogP contribution is -2.43. The highest BCUT2D eigenvalue weighted by atomic mass is 16.5. The van der Waals surface area contributed by atoms with Gasteiger partial charge in [-0.05, 0) is 61.4 Å². The summed E-state index contributed by atoms with van der Waals surface area (Å²) in [4.78, 5) is 26.4. The van der Waals surface area contributed by atoms with E-state index in [0.29, 0.717) is 37.6 Å². The number of aliphatic hydroxyl groups is 1. The number of aryl methyl sites for hydroxylation is 1. The number of nitrogens with one attached hydrogen (secondary N) is 1. The molecule has 9 heteroatoms. The normalized spacial score (nSPS) is 19.5. The standard InChI is InChI=1S/C29H38N2O7/c1-2-3-14-30-28(35)31-15-6-10-22-9-5-12-25(26(22)31)37-20-23(32)19-36-24-11-4-8-21(17-24)18-29(27(33)34)13-7-16-38-29/h4-5,8-9,11-12,17,23,32H,2-3,6-7,10,13-16,18-20H2,1H3,(H,30,35)(H,33,34). The van der Waals surface area contributed by atoms with Crippen LogP contribution in [0.3, 0.4) is 0 Å². The molecule has 2 aliphatic heterocycles. The Morgan fingerprint density at radius 1 is 1.16 bits per heavy atom. The molecule has 9 nitrogen and oxygen atoms in total. The fourth-order valence-electron chi connectivity index (χ4n) is 4.98. The molecular formula is C29H38N2O7. The number of benzene rings is 2. The van der Waals surface area contributed by atoms with Crippen LogP contribution in [0.25, 0.3) is 0 Å². The summed E-state index contributed by atoms with van der Waals surface area (Å²) in [6.45, 7) is 3.77. The van der Waals surface area contributed by atoms with Crippen LogP contribution in [-0.4, -0.2) is 66.8 Å². The minimum atomic E-state index is -1.19. The maximum absolute atomic E-state index is 12.8. The molecule has 0 aromatic heterocycles. The van der Waals surface area contributed by atoms with Crippen molar-refractivity contribution in [3.8, 4) is 11.5 Å². The summed E-state index contributed by atoms with van der Waals surface area (Å²) < 4.78 is 17.3. The molecule has 0 saturated carbocycles. The Bertz CT molecular complexity index is 1100. The topological polar surface area (TPSA) is 118 Å². The second kappa shape index (κ2) is 13.0. The Labute approximate surface area is 223 Å². The molecule has 0 radical (unpaired) electrons. The van der Waals surface area contributed by atoms with E-state index in [1.54, 1.807) is 23.1 Å². The minimum Gasteiger partial charge on any atom is -0.491 e. The zero-order valence-electron chi connectivity index (χ0n) is 22.0. The highest BCUT2D eigenvalue weighted by Gasteiger charge is 2.43. The van der Waals surface area contributed by atoms with E-state index < -0.39 is 17.7 Å². The molecule has 2 aromatic rings. The van der Waals surface area contributed by atoms with Crippen molar-refractivity contribution < 1.29 is 34.0 Å². The zero-order chi connectivity index (χ0) is 27.0. The lowest BCUT2D eigenvalue weighted by molar-refractivity contribution is -0.159. The number of carboxylic acids is 1. The van der Waals surface area contributed by atoms with Gasteiger partial charge in [-0.15, -0.1) is 0 Å². The number of unbranched alkanes of at least 4 members (excludes halogenated alkanes) is 1. The molecule has 38 heavy (non-hydrogen) atoms. The predicted octanol–water partition coefficient (Wildman–Crippen LogP) is 3.94. The van der Waals surface area contributed by atoms with Crippen LogP contribution in [0.5, 0.6) is 11.5 Å². The van der Waals surface area contributed by atoms with Gasteiger partial charge in [0.25, 0.3) is 0 Å². The smallest absolute Gasteiger partial charge is 0.336 e. The first kappa shape index (κ1) is 27.7. The van der Waals surface area contributed by atoms with Gasteiger partial charge in [-0.1, -0.05) is 37.6 Å². The summed E-state index contributed by atoms with van der Waals surface area (Å²) >= 11 is 0. The monoisotopic (exact) mass is 526 g/mol. The highest BCUT2D eigenvalue weighted by molar-refractivity contribution is 5.95. The average Bonchev–Trinajstić information content (AvgIpc) is 3.40. The van der Waals surface area contributed by atoms with E-state index in [1.165, 1.54) is 0 Å². The lowest BCUT2D eigenvalue weighted by atomic mass is 9.91. The Hall–Kier alpha value is -3.30. The first-order valence-corrected chi connectivity index (χ1v) is 13.5. The first-order chi connectivity index (χ1) is 18.4. The lowest BCUT2D eigenvalue weighted by Gasteiger charge is -2.31. The number of fused-ring (bicyclic) bond motifs is 1. The van der Waals surface area contributed by atoms with Crippen LogP contribution in [0, 0.1) is 0 Å². The van der Waals surface area contributed by atoms with E-state index >= 15 is 0 Å². The summed E-state index contributed by atoms with van der Waals surface area (Å²) in [5.41, 5.74) is 1.41. The number of amides is 2. The molecule has 2 amide bonds. The van der Waals surface area contributed by atoms with Crippen molar-refractivity contribution in [3.63, 3.8) is 0 Å². The quantitative estimate of drug-likeness (QED) is 0.359. The number of para-hydroxylation sites is 1. The van der Waals surface area contributed by atoms with Crippen molar-refractivity contribution in [3.05, 3.63) is 53.6 Å². The molecule has 3 N–H and O–H groups in total. The van der Waals surface area contributed by atoms with Crippen LogP contribution >= 0.6 is 0 Å². The number of carboxylic acid groups (broad SMARTS) is 1. The molecule has 2 heterocycles. The zero-order valence-corrected chi connectivity index (χ0v) is 22.0. The Morgan fingerprint density at radius 3 is 2.74 bits per heavy atom. The van der Waals surface area contributed by atoms with Crippen molar-refractivity contribution in [1.29, 1.82) is 0 Å². The maximum Gasteiger partial charge on any atom is 0.336 e. The van der Waals surface area contributed by atoms with Crippen LogP contribution in [0.2, 0.25) is 0 Å². The number of nitrogens with zero attached hydrogens (tertiary/aromatic N) is 1. The van der Waals surface area contributed by atoms with Gasteiger partial charge in [0.15, 0.2) is 5.60 Å². The summed E-state index contributed by atoms with van der Waals surface area (Å²) in [6, 6.07) is 12.8. The molecule has 2 unspecified atom stereocenters. The van der Waals surface area contributed by atoms with Crippen LogP contribution in [-0.2, 0) is 22.4 Å². The summed E-state index contributed by atoms with van der Waals surface area (Å²) in [5, 5.41) is 23.2. The number of aliphatic hydroxyl groups excluding tert-OH is 1. The molecule has 2 atom stereocenters. The van der Waals surface area contributed by atoms with E-state index in [0.717, 1.165) is 48.9 Å². The third-order valence-corrected chi connectivity index (χ3v) is 6.99. The molecule has 1 fully saturated rings. The van der Waals surface area contributed by atoms with E-state index in [1.807, 2.05) is 24.3 Å². The number of aliphatic carboxylic acids is 1. The van der Waals surface area contributed by atoms with Crippen LogP contribution < -0.4 is 19.7 Å². The van der Waals surface area contributed by atoms with Gasteiger partial charge in [-0.2, -0.15) is 0 Å². The van der Waals surface area contributed by atoms with Gasteiger partial charge in [0.1, 0.15) is 30.8 Å². The van der Waals surface area contributed by atoms with Crippen molar-refractivity contribution in [2.75, 3.05) is 37.8 Å². The van der Waals surface area contributed by atoms with Gasteiger partial charge in [-0.25, -0.2) is 9.59 Å². The van der Waals surface area contributed by atoms with Gasteiger partial charge in [-0.3, -0.25) is 4.90 Å². The van der Waals surface area contributed by atoms with Crippen LogP contribution in [0.15, 0.2) is 42.5 Å². The van der Waals surface area contributed by atoms with Gasteiger partial charge in [0.05, 0.1) is 5.69 Å². The van der Waals surface area contributed by atoms with E-state index in [2.05, 4.69) is 12.2 Å². The van der Waals surface area contributed by atoms with Crippen molar-refractivity contribution in [2.24, 2.45) is 0 Å². The number of anilines is 1. The second-order valence-corrected chi connectivity index (χ2v) is 9.96. The van der Waals surface area contributed by atoms with E-state index in [-0.39, 0.29) is 25.7 Å². The SMILES string of the molecule is CCCCNC(=O)N1CCCc2cccc(OCC(O)COc3cccc(CC4(C(=O)O)CCCO4)c3)c21. The van der Waals surface area contributed by atoms with Crippen LogP contribution in [0.1, 0.15) is 50.2 Å². The number of carbonyl (C=O) groups is 2. The van der Waals surface area contributed by atoms with Crippen LogP contribution in [0.4, 0.5) is 10.5 Å². The Morgan fingerprint density at radius 2 is 1.97 bits per heavy atom. The number of ether oxygens (including phenoxy) is 3. The number of hydrogen-bond acceptors (Lipinski definition) is 6. The van der Waals surface area contributed by atoms with Crippen molar-refractivity contribution >= 4 is 17.7 Å². The fraction of sp³-hybridized carbons (Fsp3) is 0.517. The molecule has 2 aliphatic rings. The van der Waals surface area contributed by atoms with E-state index in [4.69, 9.17) is 14.2 Å². The first-order valence-electron chi connectivity index (χ1n) is 13.5. The molecular weight excluding hydrogens is 488 g/mol. The Balaban J connectivity index is 1.33. The number of rotatable bonds is 12. The molecule has 0 spiro atoms. The highest BCUT2D eigenvalue weighted by Crippen LogP contribution is 2.36. The maximum atomic E-state index is 12.8. The second-order valence-electron chi connectivity index (χ2n) is 9.96. The summed E-state index contributed by atoms with van der Waals surface area (Å²) in [5.74, 6) is 0.144. The van der Waals surface area contributed by atoms with Gasteiger partial charge in [0, 0.05) is 26.1 Å². The van der Waals surface area contributed by atoms with Gasteiger partial charge in [0.2, 0.25) is 0 Å². The third-order valence-electron chi connectivity index (χ3n) is 6.99. The molecule has 4 rings (SSSR count). The molecule has 206 valence electrons. The van der Waals surface area contributed by atoms with Crippen molar-refractivity contribution in [1.82, 2.24) is 5.32 Å². The molecule has 1 saturated heterocycles. The number of carbonyl (C=O) groups excluding carboxylic acids is 1. The van der Waals surface area contributed by atoms with Gasteiger partial charge >= 0.3 is 12.0 Å². The average molecular weight is 527 g/mol. The summed E-state index contributed by atoms with van der Waals surface area (Å²) in [6.07, 6.45) is 4.22. The number of hydrogen-bond donors (Lipinski definition) is 3. The number of urea groups is 1. The van der Waals surface area contributed by atoms with Crippen molar-refractivity contribution in [2.45, 2.75) is 63.6 Å². The molecule has 0 aliphatic carbocycles. The summed E-state index contributed by atoms with van der Waals surface area (Å²) in [7, 11) is 0. The third kappa shape index (κ3) is 6.76. The largest absolute Gasteiger partial charge is 0.491 e. The predicted molar refractivity (Wildman–Crippen MR) is 143 cm³/mol.